The van der Waals surface area contributed by atoms with Crippen LogP contribution in [-0.2, 0) is 19.9 Å². The number of esters is 1. The molecule has 2 atom stereocenters. The Hall–Kier alpha value is -2.77. The maximum Gasteiger partial charge on any atom is 0.331 e. The summed E-state index contributed by atoms with van der Waals surface area (Å²) in [7, 11) is 0. The monoisotopic (exact) mass is 494 g/mol. The SMILES string of the molecule is C[C@@](C(=O)O[C@@H]1C[N+]2(CC(=O)Nc3cccc(F)c3)CCC1CC2)(c1ccccc1)N1CCCCC1. The summed E-state index contributed by atoms with van der Waals surface area (Å²) in [5.74, 6) is -0.354. The normalized spacial score (nSPS) is 27.7. The summed E-state index contributed by atoms with van der Waals surface area (Å²) in [4.78, 5) is 29.1. The number of fused-ring (bicyclic) bond motifs is 3. The van der Waals surface area contributed by atoms with E-state index in [2.05, 4.69) is 10.2 Å². The third kappa shape index (κ3) is 5.04. The number of piperidine rings is 4. The second kappa shape index (κ2) is 10.3. The van der Waals surface area contributed by atoms with Crippen molar-refractivity contribution in [1.29, 1.82) is 0 Å². The maximum atomic E-state index is 13.9. The van der Waals surface area contributed by atoms with Gasteiger partial charge < -0.3 is 14.5 Å². The Morgan fingerprint density at radius 1 is 1.06 bits per heavy atom. The number of hydrogen-bond donors (Lipinski definition) is 1. The average molecular weight is 495 g/mol. The lowest BCUT2D eigenvalue weighted by molar-refractivity contribution is -0.939. The molecule has 4 saturated heterocycles. The van der Waals surface area contributed by atoms with E-state index in [4.69, 9.17) is 4.74 Å². The third-order valence-electron chi connectivity index (χ3n) is 8.61. The van der Waals surface area contributed by atoms with Gasteiger partial charge in [0.2, 0.25) is 0 Å². The Morgan fingerprint density at radius 3 is 2.47 bits per heavy atom. The predicted octanol–water partition coefficient (Wildman–Crippen LogP) is 4.32. The van der Waals surface area contributed by atoms with Gasteiger partial charge in [-0.1, -0.05) is 42.8 Å². The van der Waals surface area contributed by atoms with Crippen LogP contribution in [0.2, 0.25) is 0 Å². The standard InChI is InChI=1S/C29H36FN3O3/c1-29(23-9-4-2-5-10-23,32-15-6-3-7-16-32)28(35)36-26-20-33(17-13-22(26)14-18-33)21-27(34)31-25-12-8-11-24(30)19-25/h2,4-5,8-12,19,22,26H,3,6-7,13-18,20-21H2,1H3/p+1/t22?,26-,29+,33?/m1/s1. The van der Waals surface area contributed by atoms with E-state index in [1.54, 1.807) is 12.1 Å². The van der Waals surface area contributed by atoms with Crippen LogP contribution in [0.25, 0.3) is 0 Å². The number of hydrogen-bond acceptors (Lipinski definition) is 4. The van der Waals surface area contributed by atoms with Crippen LogP contribution in [0.5, 0.6) is 0 Å². The highest BCUT2D eigenvalue weighted by molar-refractivity contribution is 5.91. The number of quaternary nitrogens is 1. The summed E-state index contributed by atoms with van der Waals surface area (Å²) in [5, 5.41) is 2.84. The van der Waals surface area contributed by atoms with Crippen molar-refractivity contribution in [2.24, 2.45) is 5.92 Å². The Balaban J connectivity index is 1.30. The van der Waals surface area contributed by atoms with Gasteiger partial charge in [-0.3, -0.25) is 9.69 Å². The van der Waals surface area contributed by atoms with Gasteiger partial charge in [-0.05, 0) is 56.6 Å². The highest BCUT2D eigenvalue weighted by Crippen LogP contribution is 2.38. The fourth-order valence-electron chi connectivity index (χ4n) is 6.43. The molecular weight excluding hydrogens is 457 g/mol. The number of benzene rings is 2. The second-order valence-electron chi connectivity index (χ2n) is 11.0. The lowest BCUT2D eigenvalue weighted by Gasteiger charge is -2.52. The first-order valence-electron chi connectivity index (χ1n) is 13.3. The van der Waals surface area contributed by atoms with E-state index in [0.717, 1.165) is 57.4 Å². The highest BCUT2D eigenvalue weighted by Gasteiger charge is 2.51. The molecule has 2 aromatic carbocycles. The predicted molar refractivity (Wildman–Crippen MR) is 137 cm³/mol. The summed E-state index contributed by atoms with van der Waals surface area (Å²) in [6, 6.07) is 16.0. The van der Waals surface area contributed by atoms with E-state index in [0.29, 0.717) is 29.2 Å². The smallest absolute Gasteiger partial charge is 0.331 e. The van der Waals surface area contributed by atoms with Crippen LogP contribution in [0, 0.1) is 11.7 Å². The molecule has 1 N–H and O–H groups in total. The summed E-state index contributed by atoms with van der Waals surface area (Å²) >= 11 is 0. The Labute approximate surface area is 213 Å². The van der Waals surface area contributed by atoms with Crippen LogP contribution in [0.1, 0.15) is 44.6 Å². The lowest BCUT2D eigenvalue weighted by Crippen LogP contribution is -2.66. The molecule has 0 unspecified atom stereocenters. The van der Waals surface area contributed by atoms with Gasteiger partial charge >= 0.3 is 5.97 Å². The number of rotatable bonds is 7. The molecule has 192 valence electrons. The summed E-state index contributed by atoms with van der Waals surface area (Å²) in [5.41, 5.74) is 0.609. The molecule has 0 aromatic heterocycles. The molecule has 7 heteroatoms. The Morgan fingerprint density at radius 2 is 1.78 bits per heavy atom. The number of carbonyl (C=O) groups excluding carboxylic acids is 2. The maximum absolute atomic E-state index is 13.9. The largest absolute Gasteiger partial charge is 0.454 e. The molecule has 0 aliphatic carbocycles. The zero-order valence-electron chi connectivity index (χ0n) is 21.1. The average Bonchev–Trinajstić information content (AvgIpc) is 2.89. The fourth-order valence-corrected chi connectivity index (χ4v) is 6.43. The van der Waals surface area contributed by atoms with E-state index in [-0.39, 0.29) is 23.8 Å². The minimum Gasteiger partial charge on any atom is -0.454 e. The van der Waals surface area contributed by atoms with Gasteiger partial charge in [0.05, 0.1) is 13.1 Å². The van der Waals surface area contributed by atoms with E-state index >= 15 is 0 Å². The van der Waals surface area contributed by atoms with Gasteiger partial charge in [0.25, 0.3) is 5.91 Å². The quantitative estimate of drug-likeness (QED) is 0.460. The first-order chi connectivity index (χ1) is 17.4. The van der Waals surface area contributed by atoms with Gasteiger partial charge in [-0.2, -0.15) is 0 Å². The lowest BCUT2D eigenvalue weighted by atomic mass is 9.82. The molecule has 36 heavy (non-hydrogen) atoms. The highest BCUT2D eigenvalue weighted by atomic mass is 19.1. The zero-order chi connectivity index (χ0) is 25.2. The summed E-state index contributed by atoms with van der Waals surface area (Å²) < 4.78 is 20.5. The second-order valence-corrected chi connectivity index (χ2v) is 11.0. The van der Waals surface area contributed by atoms with Crippen molar-refractivity contribution < 1.29 is 23.2 Å². The molecule has 6 rings (SSSR count). The van der Waals surface area contributed by atoms with Crippen molar-refractivity contribution in [3.63, 3.8) is 0 Å². The number of carbonyl (C=O) groups is 2. The van der Waals surface area contributed by atoms with Crippen LogP contribution in [0.3, 0.4) is 0 Å². The van der Waals surface area contributed by atoms with E-state index < -0.39 is 5.54 Å². The molecule has 2 aromatic rings. The van der Waals surface area contributed by atoms with Crippen LogP contribution in [0.4, 0.5) is 10.1 Å². The number of halogens is 1. The number of likely N-dealkylation sites (tertiary alicyclic amines) is 1. The van der Waals surface area contributed by atoms with Gasteiger partial charge in [0.15, 0.2) is 12.6 Å². The van der Waals surface area contributed by atoms with Crippen LogP contribution in [-0.4, -0.2) is 66.6 Å². The number of nitrogens with zero attached hydrogens (tertiary/aromatic N) is 2. The van der Waals surface area contributed by atoms with Crippen molar-refractivity contribution in [2.75, 3.05) is 44.6 Å². The molecule has 4 fully saturated rings. The molecule has 0 radical (unpaired) electrons. The number of anilines is 1. The van der Waals surface area contributed by atoms with Gasteiger partial charge in [-0.15, -0.1) is 0 Å². The summed E-state index contributed by atoms with van der Waals surface area (Å²) in [6.07, 6.45) is 5.05. The molecule has 4 heterocycles. The molecule has 4 aliphatic heterocycles. The van der Waals surface area contributed by atoms with Crippen molar-refractivity contribution in [3.8, 4) is 0 Å². The van der Waals surface area contributed by atoms with Crippen LogP contribution in [0.15, 0.2) is 54.6 Å². The minimum atomic E-state index is -0.826. The van der Waals surface area contributed by atoms with Gasteiger partial charge in [0.1, 0.15) is 17.9 Å². The number of nitrogens with one attached hydrogen (secondary N) is 1. The number of ether oxygens (including phenoxy) is 1. The molecule has 4 aliphatic rings. The van der Waals surface area contributed by atoms with E-state index in [9.17, 15) is 14.0 Å². The third-order valence-corrected chi connectivity index (χ3v) is 8.61. The van der Waals surface area contributed by atoms with E-state index in [1.165, 1.54) is 18.6 Å². The fraction of sp³-hybridized carbons (Fsp3) is 0.517. The molecule has 1 amide bonds. The van der Waals surface area contributed by atoms with Crippen LogP contribution < -0.4 is 5.32 Å². The Bertz CT molecular complexity index is 1080. The van der Waals surface area contributed by atoms with Crippen LogP contribution >= 0.6 is 0 Å². The molecule has 0 spiro atoms. The molecule has 0 saturated carbocycles. The van der Waals surface area contributed by atoms with Gasteiger partial charge in [0, 0.05) is 24.4 Å². The van der Waals surface area contributed by atoms with Crippen molar-refractivity contribution in [2.45, 2.75) is 50.7 Å². The minimum absolute atomic E-state index is 0.131. The molecule has 2 bridgehead atoms. The molecular formula is C29H37FN3O3+. The van der Waals surface area contributed by atoms with Crippen molar-refractivity contribution in [3.05, 3.63) is 66.0 Å². The van der Waals surface area contributed by atoms with Crippen molar-refractivity contribution in [1.82, 2.24) is 4.90 Å². The topological polar surface area (TPSA) is 58.6 Å². The van der Waals surface area contributed by atoms with Gasteiger partial charge in [-0.25, -0.2) is 9.18 Å². The number of amides is 1. The summed E-state index contributed by atoms with van der Waals surface area (Å²) in [6.45, 7) is 6.53. The Kier molecular flexibility index (Phi) is 7.13. The van der Waals surface area contributed by atoms with Crippen molar-refractivity contribution >= 4 is 17.6 Å². The van der Waals surface area contributed by atoms with E-state index in [1.807, 2.05) is 37.3 Å². The first kappa shape index (κ1) is 24.9. The zero-order valence-corrected chi connectivity index (χ0v) is 21.1. The first-order valence-corrected chi connectivity index (χ1v) is 13.3. The molecule has 6 nitrogen and oxygen atoms in total.